The number of aromatic hydroxyl groups is 4. The van der Waals surface area contributed by atoms with E-state index in [1.807, 2.05) is 0 Å². The van der Waals surface area contributed by atoms with Crippen molar-refractivity contribution in [2.45, 2.75) is 6.92 Å². The highest BCUT2D eigenvalue weighted by Gasteiger charge is 2.17. The Morgan fingerprint density at radius 2 is 1.24 bits per heavy atom. The monoisotopic (exact) mass is 458 g/mol. The zero-order chi connectivity index (χ0) is 24.7. The number of aliphatic hydroxyl groups excluding tert-OH is 1. The van der Waals surface area contributed by atoms with E-state index in [1.54, 1.807) is 0 Å². The molecule has 0 unspecified atom stereocenters. The maximum absolute atomic E-state index is 12.6. The maximum atomic E-state index is 12.6. The summed E-state index contributed by atoms with van der Waals surface area (Å²) < 4.78 is 14.7. The molecule has 0 saturated carbocycles. The number of esters is 1. The van der Waals surface area contributed by atoms with Gasteiger partial charge in [0.2, 0.25) is 23.0 Å². The van der Waals surface area contributed by atoms with E-state index in [4.69, 9.17) is 14.2 Å². The van der Waals surface area contributed by atoms with Crippen LogP contribution in [0.2, 0.25) is 0 Å². The van der Waals surface area contributed by atoms with Gasteiger partial charge in [0, 0.05) is 6.92 Å². The second-order valence-corrected chi connectivity index (χ2v) is 6.52. The van der Waals surface area contributed by atoms with Crippen molar-refractivity contribution in [1.29, 1.82) is 0 Å². The average molecular weight is 458 g/mol. The fraction of sp³-hybridized carbons (Fsp3) is 0.130. The van der Waals surface area contributed by atoms with Gasteiger partial charge in [0.25, 0.3) is 0 Å². The summed E-state index contributed by atoms with van der Waals surface area (Å²) in [5.74, 6) is -5.06. The smallest absolute Gasteiger partial charge is 0.308 e. The summed E-state index contributed by atoms with van der Waals surface area (Å²) in [5, 5.41) is 49.1. The highest BCUT2D eigenvalue weighted by molar-refractivity contribution is 6.06. The number of benzene rings is 2. The van der Waals surface area contributed by atoms with Crippen molar-refractivity contribution in [3.63, 3.8) is 0 Å². The molecule has 0 aliphatic heterocycles. The fourth-order valence-electron chi connectivity index (χ4n) is 2.60. The minimum Gasteiger partial charge on any atom is -0.504 e. The summed E-state index contributed by atoms with van der Waals surface area (Å²) in [6.45, 7) is 1.04. The first-order valence-corrected chi connectivity index (χ1v) is 9.29. The Bertz CT molecular complexity index is 1160. The van der Waals surface area contributed by atoms with Gasteiger partial charge in [0.1, 0.15) is 0 Å². The predicted octanol–water partition coefficient (Wildman–Crippen LogP) is 3.15. The third-order valence-corrected chi connectivity index (χ3v) is 4.16. The Kier molecular flexibility index (Phi) is 7.94. The van der Waals surface area contributed by atoms with E-state index in [9.17, 15) is 35.1 Å². The highest BCUT2D eigenvalue weighted by Crippen LogP contribution is 2.37. The van der Waals surface area contributed by atoms with Gasteiger partial charge in [-0.3, -0.25) is 9.59 Å². The van der Waals surface area contributed by atoms with Crippen molar-refractivity contribution < 1.29 is 49.3 Å². The van der Waals surface area contributed by atoms with E-state index in [2.05, 4.69) is 0 Å². The molecule has 2 aromatic carbocycles. The molecule has 0 saturated heterocycles. The van der Waals surface area contributed by atoms with Gasteiger partial charge in [-0.25, -0.2) is 0 Å². The summed E-state index contributed by atoms with van der Waals surface area (Å²) in [7, 11) is 2.56. The highest BCUT2D eigenvalue weighted by atomic mass is 16.5. The van der Waals surface area contributed by atoms with Gasteiger partial charge >= 0.3 is 5.97 Å². The van der Waals surface area contributed by atoms with Gasteiger partial charge < -0.3 is 39.7 Å². The van der Waals surface area contributed by atoms with Gasteiger partial charge in [0.05, 0.1) is 14.2 Å². The van der Waals surface area contributed by atoms with Crippen LogP contribution in [-0.2, 0) is 14.3 Å². The van der Waals surface area contributed by atoms with Crippen LogP contribution in [0, 0.1) is 0 Å². The molecule has 0 amide bonds. The normalized spacial score (nSPS) is 12.0. The molecule has 0 bridgehead atoms. The molecule has 10 heteroatoms. The van der Waals surface area contributed by atoms with Crippen molar-refractivity contribution in [2.75, 3.05) is 14.2 Å². The largest absolute Gasteiger partial charge is 0.504 e. The summed E-state index contributed by atoms with van der Waals surface area (Å²) >= 11 is 0. The molecule has 2 aromatic rings. The molecular formula is C23H22O10. The second-order valence-electron chi connectivity index (χ2n) is 6.52. The first-order chi connectivity index (χ1) is 15.6. The number of hydrogen-bond donors (Lipinski definition) is 5. The van der Waals surface area contributed by atoms with Gasteiger partial charge in [0.15, 0.2) is 28.8 Å². The maximum Gasteiger partial charge on any atom is 0.308 e. The van der Waals surface area contributed by atoms with Crippen LogP contribution in [-0.4, -0.2) is 51.5 Å². The molecule has 0 atom stereocenters. The van der Waals surface area contributed by atoms with Crippen LogP contribution in [0.5, 0.6) is 34.5 Å². The van der Waals surface area contributed by atoms with E-state index in [0.717, 1.165) is 19.1 Å². The predicted molar refractivity (Wildman–Crippen MR) is 117 cm³/mol. The van der Waals surface area contributed by atoms with E-state index in [0.29, 0.717) is 5.56 Å². The molecule has 0 radical (unpaired) electrons. The van der Waals surface area contributed by atoms with Crippen molar-refractivity contribution in [3.8, 4) is 34.5 Å². The summed E-state index contributed by atoms with van der Waals surface area (Å²) in [4.78, 5) is 24.0. The molecule has 0 aliphatic rings. The zero-order valence-electron chi connectivity index (χ0n) is 17.9. The SMILES string of the molecule is COc1cc(/C=C/C(=O)/C(OC(C)=O)=C(O)/C=C/c2cc(O)c(O)c(OC)c2)cc(O)c1O. The van der Waals surface area contributed by atoms with Crippen LogP contribution >= 0.6 is 0 Å². The molecule has 2 rings (SSSR count). The van der Waals surface area contributed by atoms with Crippen LogP contribution in [0.25, 0.3) is 12.2 Å². The third-order valence-electron chi connectivity index (χ3n) is 4.16. The standard InChI is InChI=1S/C23H22O10/c1-12(24)33-23(15(25)6-4-13-8-17(27)21(29)19(10-13)31-2)16(26)7-5-14-9-18(28)22(30)20(11-14)32-3/h4-11,25,27-30H,1-3H3/b6-4+,7-5+,23-15+. The number of phenolic OH excluding ortho intramolecular Hbond substituents is 4. The van der Waals surface area contributed by atoms with Crippen LogP contribution in [0.1, 0.15) is 18.1 Å². The van der Waals surface area contributed by atoms with Crippen LogP contribution < -0.4 is 9.47 Å². The van der Waals surface area contributed by atoms with Gasteiger partial charge in [-0.15, -0.1) is 0 Å². The molecule has 5 N–H and O–H groups in total. The Balaban J connectivity index is 2.38. The lowest BCUT2D eigenvalue weighted by Gasteiger charge is -2.07. The number of ketones is 1. The number of aliphatic hydroxyl groups is 1. The Hall–Kier alpha value is -4.60. The summed E-state index contributed by atoms with van der Waals surface area (Å²) in [5.41, 5.74) is 0.574. The Morgan fingerprint density at radius 1 is 0.788 bits per heavy atom. The number of ether oxygens (including phenoxy) is 3. The molecular weight excluding hydrogens is 436 g/mol. The molecule has 0 heterocycles. The van der Waals surface area contributed by atoms with Gasteiger partial charge in [-0.1, -0.05) is 12.2 Å². The third kappa shape index (κ3) is 6.20. The van der Waals surface area contributed by atoms with Gasteiger partial charge in [-0.2, -0.15) is 0 Å². The first kappa shape index (κ1) is 24.7. The number of phenols is 4. The number of allylic oxidation sites excluding steroid dienone is 2. The molecule has 33 heavy (non-hydrogen) atoms. The summed E-state index contributed by atoms with van der Waals surface area (Å²) in [6, 6.07) is 5.05. The minimum absolute atomic E-state index is 0.0232. The number of methoxy groups -OCH3 is 2. The number of carbonyl (C=O) groups excluding carboxylic acids is 2. The minimum atomic E-state index is -0.884. The fourth-order valence-corrected chi connectivity index (χ4v) is 2.60. The lowest BCUT2D eigenvalue weighted by atomic mass is 10.1. The van der Waals surface area contributed by atoms with Crippen molar-refractivity contribution in [3.05, 3.63) is 59.1 Å². The second kappa shape index (κ2) is 10.6. The zero-order valence-corrected chi connectivity index (χ0v) is 17.9. The molecule has 0 aromatic heterocycles. The topological polar surface area (TPSA) is 163 Å². The first-order valence-electron chi connectivity index (χ1n) is 9.29. The van der Waals surface area contributed by atoms with Crippen LogP contribution in [0.3, 0.4) is 0 Å². The quantitative estimate of drug-likeness (QED) is 0.131. The lowest BCUT2D eigenvalue weighted by Crippen LogP contribution is -2.10. The van der Waals surface area contributed by atoms with Crippen molar-refractivity contribution >= 4 is 23.9 Å². The van der Waals surface area contributed by atoms with Crippen molar-refractivity contribution in [1.82, 2.24) is 0 Å². The molecule has 0 aliphatic carbocycles. The van der Waals surface area contributed by atoms with Crippen LogP contribution in [0.15, 0.2) is 47.9 Å². The van der Waals surface area contributed by atoms with Gasteiger partial charge in [-0.05, 0) is 47.5 Å². The number of carbonyl (C=O) groups is 2. The summed E-state index contributed by atoms with van der Waals surface area (Å²) in [6.07, 6.45) is 4.54. The molecule has 10 nitrogen and oxygen atoms in total. The van der Waals surface area contributed by atoms with E-state index >= 15 is 0 Å². The Labute approximate surface area is 188 Å². The molecule has 0 fully saturated rings. The molecule has 0 spiro atoms. The number of rotatable bonds is 8. The van der Waals surface area contributed by atoms with E-state index in [-0.39, 0.29) is 17.1 Å². The van der Waals surface area contributed by atoms with E-state index in [1.165, 1.54) is 50.6 Å². The van der Waals surface area contributed by atoms with Crippen molar-refractivity contribution in [2.24, 2.45) is 0 Å². The Morgan fingerprint density at radius 3 is 1.67 bits per heavy atom. The van der Waals surface area contributed by atoms with Crippen LogP contribution in [0.4, 0.5) is 0 Å². The number of hydrogen-bond acceptors (Lipinski definition) is 10. The molecule has 174 valence electrons. The average Bonchev–Trinajstić information content (AvgIpc) is 2.78. The van der Waals surface area contributed by atoms with E-state index < -0.39 is 46.3 Å². The lowest BCUT2D eigenvalue weighted by molar-refractivity contribution is -0.139.